The topological polar surface area (TPSA) is 71.4 Å². The van der Waals surface area contributed by atoms with Gasteiger partial charge in [0.25, 0.3) is 0 Å². The number of carboxylic acid groups (broad SMARTS) is 1. The average Bonchev–Trinajstić information content (AvgIpc) is 2.44. The summed E-state index contributed by atoms with van der Waals surface area (Å²) in [7, 11) is 0. The van der Waals surface area contributed by atoms with Gasteiger partial charge in [0.05, 0.1) is 11.1 Å². The van der Waals surface area contributed by atoms with E-state index in [0.29, 0.717) is 0 Å². The summed E-state index contributed by atoms with van der Waals surface area (Å²) in [5.41, 5.74) is -0.634. The number of rotatable bonds is 1. The van der Waals surface area contributed by atoms with Crippen molar-refractivity contribution in [3.8, 4) is 0 Å². The summed E-state index contributed by atoms with van der Waals surface area (Å²) >= 11 is 0. The predicted octanol–water partition coefficient (Wildman–Crippen LogP) is 2.30. The molecule has 0 aliphatic heterocycles. The van der Waals surface area contributed by atoms with E-state index in [1.807, 2.05) is 0 Å². The van der Waals surface area contributed by atoms with Gasteiger partial charge in [0.2, 0.25) is 0 Å². The largest absolute Gasteiger partial charge is 0.478 e. The van der Waals surface area contributed by atoms with Gasteiger partial charge >= 0.3 is 5.97 Å². The number of fused-ring (bicyclic) bond motifs is 2. The molecule has 1 N–H and O–H groups in total. The molecular weight excluding hydrogens is 263 g/mol. The summed E-state index contributed by atoms with van der Waals surface area (Å²) in [6.07, 6.45) is 0. The van der Waals surface area contributed by atoms with Crippen LogP contribution in [0.3, 0.4) is 0 Å². The first kappa shape index (κ1) is 12.2. The third-order valence-corrected chi connectivity index (χ3v) is 3.23. The fourth-order valence-electron chi connectivity index (χ4n) is 2.30. The van der Waals surface area contributed by atoms with Crippen molar-refractivity contribution in [3.05, 3.63) is 70.0 Å². The van der Waals surface area contributed by atoms with Crippen molar-refractivity contribution in [1.29, 1.82) is 0 Å². The molecule has 0 unspecified atom stereocenters. The lowest BCUT2D eigenvalue weighted by atomic mass is 9.83. The van der Waals surface area contributed by atoms with Gasteiger partial charge in [-0.3, -0.25) is 9.59 Å². The van der Waals surface area contributed by atoms with Gasteiger partial charge in [-0.05, 0) is 12.1 Å². The van der Waals surface area contributed by atoms with Gasteiger partial charge in [-0.25, -0.2) is 9.18 Å². The Balaban J connectivity index is 2.33. The number of ketones is 2. The molecule has 0 amide bonds. The molecular formula is C15H7FO4. The fourth-order valence-corrected chi connectivity index (χ4v) is 2.30. The normalized spacial score (nSPS) is 12.8. The third-order valence-electron chi connectivity index (χ3n) is 3.23. The van der Waals surface area contributed by atoms with Gasteiger partial charge in [0.1, 0.15) is 5.82 Å². The van der Waals surface area contributed by atoms with Gasteiger partial charge in [-0.1, -0.05) is 24.3 Å². The van der Waals surface area contributed by atoms with Crippen LogP contribution in [0.15, 0.2) is 36.4 Å². The van der Waals surface area contributed by atoms with Crippen molar-refractivity contribution in [1.82, 2.24) is 0 Å². The zero-order chi connectivity index (χ0) is 14.4. The second-order valence-corrected chi connectivity index (χ2v) is 4.39. The van der Waals surface area contributed by atoms with Crippen LogP contribution in [0.25, 0.3) is 0 Å². The van der Waals surface area contributed by atoms with E-state index in [4.69, 9.17) is 5.11 Å². The molecule has 0 saturated heterocycles. The first-order valence-corrected chi connectivity index (χ1v) is 5.76. The fraction of sp³-hybridized carbons (Fsp3) is 0. The van der Waals surface area contributed by atoms with Crippen LogP contribution < -0.4 is 0 Å². The first-order chi connectivity index (χ1) is 9.50. The van der Waals surface area contributed by atoms with Crippen LogP contribution in [0, 0.1) is 5.82 Å². The average molecular weight is 270 g/mol. The van der Waals surface area contributed by atoms with Crippen molar-refractivity contribution in [2.24, 2.45) is 0 Å². The molecule has 0 saturated carbocycles. The Morgan fingerprint density at radius 1 is 0.950 bits per heavy atom. The minimum atomic E-state index is -1.36. The lowest BCUT2D eigenvalue weighted by Crippen LogP contribution is -2.23. The molecule has 0 aromatic heterocycles. The van der Waals surface area contributed by atoms with E-state index in [0.717, 1.165) is 12.1 Å². The van der Waals surface area contributed by atoms with Gasteiger partial charge < -0.3 is 5.11 Å². The summed E-state index contributed by atoms with van der Waals surface area (Å²) in [6.45, 7) is 0. The van der Waals surface area contributed by atoms with Crippen LogP contribution in [0.1, 0.15) is 42.2 Å². The zero-order valence-corrected chi connectivity index (χ0v) is 10.0. The lowest BCUT2D eigenvalue weighted by Gasteiger charge is -2.18. The van der Waals surface area contributed by atoms with E-state index in [2.05, 4.69) is 0 Å². The number of carbonyl (C=O) groups is 3. The molecule has 1 aliphatic carbocycles. The Bertz CT molecular complexity index is 792. The van der Waals surface area contributed by atoms with Crippen LogP contribution in [0.2, 0.25) is 0 Å². The molecule has 1 aliphatic rings. The Morgan fingerprint density at radius 3 is 2.15 bits per heavy atom. The standard InChI is InChI=1S/C15H7FO4/c16-11-6-7(15(19)20)5-10-12(11)14(18)9-4-2-1-3-8(9)13(10)17/h1-6H,(H,19,20). The second kappa shape index (κ2) is 4.09. The first-order valence-electron chi connectivity index (χ1n) is 5.76. The smallest absolute Gasteiger partial charge is 0.335 e. The highest BCUT2D eigenvalue weighted by molar-refractivity contribution is 6.28. The Morgan fingerprint density at radius 2 is 1.55 bits per heavy atom. The number of halogens is 1. The molecule has 5 heteroatoms. The molecule has 0 bridgehead atoms. The van der Waals surface area contributed by atoms with Crippen LogP contribution >= 0.6 is 0 Å². The molecule has 0 atom stereocenters. The van der Waals surface area contributed by atoms with Gasteiger partial charge in [0, 0.05) is 16.7 Å². The molecule has 0 heterocycles. The highest BCUT2D eigenvalue weighted by Gasteiger charge is 2.32. The number of hydrogen-bond acceptors (Lipinski definition) is 3. The lowest BCUT2D eigenvalue weighted by molar-refractivity contribution is 0.0695. The molecule has 98 valence electrons. The zero-order valence-electron chi connectivity index (χ0n) is 10.0. The van der Waals surface area contributed by atoms with Crippen LogP contribution in [0.4, 0.5) is 4.39 Å². The third kappa shape index (κ3) is 1.56. The maximum absolute atomic E-state index is 14.0. The van der Waals surface area contributed by atoms with Crippen molar-refractivity contribution >= 4 is 17.5 Å². The highest BCUT2D eigenvalue weighted by atomic mass is 19.1. The second-order valence-electron chi connectivity index (χ2n) is 4.39. The Kier molecular flexibility index (Phi) is 2.50. The Hall–Kier alpha value is -2.82. The summed E-state index contributed by atoms with van der Waals surface area (Å²) in [5, 5.41) is 8.90. The van der Waals surface area contributed by atoms with Crippen molar-refractivity contribution in [3.63, 3.8) is 0 Å². The van der Waals surface area contributed by atoms with Gasteiger partial charge in [-0.2, -0.15) is 0 Å². The van der Waals surface area contributed by atoms with Gasteiger partial charge in [0.15, 0.2) is 11.6 Å². The molecule has 2 aromatic carbocycles. The van der Waals surface area contributed by atoms with Gasteiger partial charge in [-0.15, -0.1) is 0 Å². The Labute approximate surface area is 112 Å². The maximum atomic E-state index is 14.0. The number of hydrogen-bond donors (Lipinski definition) is 1. The predicted molar refractivity (Wildman–Crippen MR) is 66.7 cm³/mol. The maximum Gasteiger partial charge on any atom is 0.335 e. The SMILES string of the molecule is O=C(O)c1cc(F)c2c(c1)C(=O)c1ccccc1C2=O. The van der Waals surface area contributed by atoms with E-state index >= 15 is 0 Å². The molecule has 0 radical (unpaired) electrons. The van der Waals surface area contributed by atoms with Crippen molar-refractivity contribution in [2.45, 2.75) is 0 Å². The number of benzene rings is 2. The quantitative estimate of drug-likeness (QED) is 0.736. The van der Waals surface area contributed by atoms with E-state index in [1.165, 1.54) is 12.1 Å². The molecule has 0 spiro atoms. The molecule has 2 aromatic rings. The number of carboxylic acids is 1. The number of carbonyl (C=O) groups excluding carboxylic acids is 2. The molecule has 20 heavy (non-hydrogen) atoms. The van der Waals surface area contributed by atoms with Crippen LogP contribution in [0.5, 0.6) is 0 Å². The minimum absolute atomic E-state index is 0.131. The molecule has 4 nitrogen and oxygen atoms in total. The van der Waals surface area contributed by atoms with Crippen molar-refractivity contribution < 1.29 is 23.9 Å². The van der Waals surface area contributed by atoms with E-state index in [9.17, 15) is 18.8 Å². The van der Waals surface area contributed by atoms with Crippen LogP contribution in [-0.2, 0) is 0 Å². The molecule has 0 fully saturated rings. The van der Waals surface area contributed by atoms with E-state index in [-0.39, 0.29) is 27.8 Å². The summed E-state index contributed by atoms with van der Waals surface area (Å²) in [6, 6.07) is 7.87. The summed E-state index contributed by atoms with van der Waals surface area (Å²) in [5.74, 6) is -3.50. The van der Waals surface area contributed by atoms with Crippen molar-refractivity contribution in [2.75, 3.05) is 0 Å². The minimum Gasteiger partial charge on any atom is -0.478 e. The summed E-state index contributed by atoms with van der Waals surface area (Å²) in [4.78, 5) is 35.4. The monoisotopic (exact) mass is 270 g/mol. The van der Waals surface area contributed by atoms with E-state index < -0.39 is 23.4 Å². The van der Waals surface area contributed by atoms with E-state index in [1.54, 1.807) is 12.1 Å². The summed E-state index contributed by atoms with van der Waals surface area (Å²) < 4.78 is 14.0. The molecule has 3 rings (SSSR count). The van der Waals surface area contributed by atoms with Crippen LogP contribution in [-0.4, -0.2) is 22.6 Å². The highest BCUT2D eigenvalue weighted by Crippen LogP contribution is 2.29. The number of aromatic carboxylic acids is 1.